The topological polar surface area (TPSA) is 56.8 Å². The van der Waals surface area contributed by atoms with Crippen molar-refractivity contribution in [1.29, 1.82) is 0 Å². The van der Waals surface area contributed by atoms with E-state index in [4.69, 9.17) is 14.2 Å². The summed E-state index contributed by atoms with van der Waals surface area (Å²) < 4.78 is 15.3. The Labute approximate surface area is 113 Å². The van der Waals surface area contributed by atoms with Crippen LogP contribution in [0.15, 0.2) is 18.2 Å². The molecule has 0 aliphatic heterocycles. The smallest absolute Gasteiger partial charge is 0.407 e. The molecular weight excluding hydrogens is 246 g/mol. The summed E-state index contributed by atoms with van der Waals surface area (Å²) in [6, 6.07) is 5.70. The molecule has 0 atom stereocenters. The Morgan fingerprint density at radius 3 is 2.58 bits per heavy atom. The maximum Gasteiger partial charge on any atom is 0.407 e. The molecule has 106 valence electrons. The van der Waals surface area contributed by atoms with Crippen molar-refractivity contribution in [1.82, 2.24) is 5.32 Å². The highest BCUT2D eigenvalue weighted by molar-refractivity contribution is 5.67. The van der Waals surface area contributed by atoms with Gasteiger partial charge in [-0.1, -0.05) is 13.0 Å². The van der Waals surface area contributed by atoms with Gasteiger partial charge in [0, 0.05) is 6.54 Å². The minimum atomic E-state index is -0.373. The summed E-state index contributed by atoms with van der Waals surface area (Å²) in [5.74, 6) is 1.38. The van der Waals surface area contributed by atoms with Gasteiger partial charge in [0.1, 0.15) is 0 Å². The quantitative estimate of drug-likeness (QED) is 0.824. The molecular formula is C14H21NO4. The Morgan fingerprint density at radius 2 is 1.95 bits per heavy atom. The molecule has 0 saturated heterocycles. The second kappa shape index (κ2) is 8.24. The summed E-state index contributed by atoms with van der Waals surface area (Å²) in [6.45, 7) is 2.93. The number of rotatable bonds is 7. The standard InChI is InChI=1S/C14H21NO4/c1-4-9-19-14(16)15-8-7-11-5-6-12(17-2)13(10-11)18-3/h5-6,10H,4,7-9H2,1-3H3,(H,15,16). The van der Waals surface area contributed by atoms with Gasteiger partial charge >= 0.3 is 6.09 Å². The average Bonchev–Trinajstić information content (AvgIpc) is 2.44. The first-order valence-corrected chi connectivity index (χ1v) is 6.32. The lowest BCUT2D eigenvalue weighted by Gasteiger charge is -2.10. The van der Waals surface area contributed by atoms with E-state index >= 15 is 0 Å². The SMILES string of the molecule is CCCOC(=O)NCCc1ccc(OC)c(OC)c1. The van der Waals surface area contributed by atoms with Crippen LogP contribution >= 0.6 is 0 Å². The van der Waals surface area contributed by atoms with Crippen LogP contribution in [0, 0.1) is 0 Å². The summed E-state index contributed by atoms with van der Waals surface area (Å²) in [6.07, 6.45) is 1.16. The molecule has 19 heavy (non-hydrogen) atoms. The maximum absolute atomic E-state index is 11.2. The summed E-state index contributed by atoms with van der Waals surface area (Å²) in [4.78, 5) is 11.2. The van der Waals surface area contributed by atoms with Crippen molar-refractivity contribution in [3.8, 4) is 11.5 Å². The van der Waals surface area contributed by atoms with Crippen molar-refractivity contribution in [2.24, 2.45) is 0 Å². The molecule has 0 bridgehead atoms. The zero-order chi connectivity index (χ0) is 14.1. The van der Waals surface area contributed by atoms with E-state index in [-0.39, 0.29) is 6.09 Å². The van der Waals surface area contributed by atoms with Crippen molar-refractivity contribution in [2.75, 3.05) is 27.4 Å². The van der Waals surface area contributed by atoms with Gasteiger partial charge in [0.2, 0.25) is 0 Å². The molecule has 0 fully saturated rings. The fourth-order valence-corrected chi connectivity index (χ4v) is 1.59. The van der Waals surface area contributed by atoms with Gasteiger partial charge < -0.3 is 19.5 Å². The molecule has 1 aromatic rings. The van der Waals surface area contributed by atoms with Crippen LogP contribution < -0.4 is 14.8 Å². The second-order valence-electron chi connectivity index (χ2n) is 4.00. The number of amides is 1. The van der Waals surface area contributed by atoms with Crippen LogP contribution in [0.5, 0.6) is 11.5 Å². The van der Waals surface area contributed by atoms with Gasteiger partial charge in [-0.25, -0.2) is 4.79 Å². The van der Waals surface area contributed by atoms with E-state index in [0.29, 0.717) is 31.1 Å². The van der Waals surface area contributed by atoms with Gasteiger partial charge in [-0.3, -0.25) is 0 Å². The third-order valence-electron chi connectivity index (χ3n) is 2.57. The Kier molecular flexibility index (Phi) is 6.57. The zero-order valence-corrected chi connectivity index (χ0v) is 11.7. The number of hydrogen-bond donors (Lipinski definition) is 1. The fraction of sp³-hybridized carbons (Fsp3) is 0.500. The fourth-order valence-electron chi connectivity index (χ4n) is 1.59. The van der Waals surface area contributed by atoms with Crippen LogP contribution in [0.4, 0.5) is 4.79 Å². The van der Waals surface area contributed by atoms with E-state index in [1.165, 1.54) is 0 Å². The van der Waals surface area contributed by atoms with Crippen LogP contribution in [0.2, 0.25) is 0 Å². The molecule has 0 aromatic heterocycles. The van der Waals surface area contributed by atoms with Crippen LogP contribution in [0.3, 0.4) is 0 Å². The van der Waals surface area contributed by atoms with Gasteiger partial charge in [0.25, 0.3) is 0 Å². The molecule has 0 radical (unpaired) electrons. The first kappa shape index (κ1) is 15.1. The lowest BCUT2D eigenvalue weighted by molar-refractivity contribution is 0.146. The molecule has 5 nitrogen and oxygen atoms in total. The minimum Gasteiger partial charge on any atom is -0.493 e. The highest BCUT2D eigenvalue weighted by Crippen LogP contribution is 2.27. The molecule has 5 heteroatoms. The van der Waals surface area contributed by atoms with Gasteiger partial charge in [-0.2, -0.15) is 0 Å². The van der Waals surface area contributed by atoms with E-state index in [2.05, 4.69) is 5.32 Å². The molecule has 0 aliphatic rings. The number of nitrogens with one attached hydrogen (secondary N) is 1. The van der Waals surface area contributed by atoms with Crippen molar-refractivity contribution in [3.63, 3.8) is 0 Å². The molecule has 1 rings (SSSR count). The van der Waals surface area contributed by atoms with E-state index < -0.39 is 0 Å². The Balaban J connectivity index is 2.43. The monoisotopic (exact) mass is 267 g/mol. The normalized spacial score (nSPS) is 9.84. The maximum atomic E-state index is 11.2. The summed E-state index contributed by atoms with van der Waals surface area (Å²) >= 11 is 0. The van der Waals surface area contributed by atoms with E-state index in [1.54, 1.807) is 14.2 Å². The van der Waals surface area contributed by atoms with E-state index in [9.17, 15) is 4.79 Å². The number of hydrogen-bond acceptors (Lipinski definition) is 4. The predicted octanol–water partition coefficient (Wildman–Crippen LogP) is 2.38. The minimum absolute atomic E-state index is 0.373. The summed E-state index contributed by atoms with van der Waals surface area (Å²) in [7, 11) is 3.20. The molecule has 0 spiro atoms. The number of benzene rings is 1. The van der Waals surface area contributed by atoms with Gasteiger partial charge in [-0.15, -0.1) is 0 Å². The number of carbonyl (C=O) groups excluding carboxylic acids is 1. The highest BCUT2D eigenvalue weighted by atomic mass is 16.5. The van der Waals surface area contributed by atoms with Crippen LogP contribution in [0.1, 0.15) is 18.9 Å². The first-order valence-electron chi connectivity index (χ1n) is 6.32. The largest absolute Gasteiger partial charge is 0.493 e. The molecule has 1 amide bonds. The Morgan fingerprint density at radius 1 is 1.21 bits per heavy atom. The number of carbonyl (C=O) groups is 1. The van der Waals surface area contributed by atoms with Crippen molar-refractivity contribution >= 4 is 6.09 Å². The number of ether oxygens (including phenoxy) is 3. The van der Waals surface area contributed by atoms with Gasteiger partial charge in [0.05, 0.1) is 20.8 Å². The van der Waals surface area contributed by atoms with Gasteiger partial charge in [-0.05, 0) is 30.5 Å². The van der Waals surface area contributed by atoms with Crippen LogP contribution in [-0.2, 0) is 11.2 Å². The molecule has 0 unspecified atom stereocenters. The second-order valence-corrected chi connectivity index (χ2v) is 4.00. The zero-order valence-electron chi connectivity index (χ0n) is 11.7. The van der Waals surface area contributed by atoms with Crippen molar-refractivity contribution < 1.29 is 19.0 Å². The highest BCUT2D eigenvalue weighted by Gasteiger charge is 2.05. The van der Waals surface area contributed by atoms with E-state index in [0.717, 1.165) is 12.0 Å². The predicted molar refractivity (Wildman–Crippen MR) is 72.9 cm³/mol. The molecule has 1 aromatic carbocycles. The summed E-state index contributed by atoms with van der Waals surface area (Å²) in [5.41, 5.74) is 1.06. The third-order valence-corrected chi connectivity index (χ3v) is 2.57. The lowest BCUT2D eigenvalue weighted by atomic mass is 10.1. The molecule has 0 heterocycles. The van der Waals surface area contributed by atoms with Gasteiger partial charge in [0.15, 0.2) is 11.5 Å². The molecule has 0 saturated carbocycles. The number of alkyl carbamates (subject to hydrolysis) is 1. The Bertz CT molecular complexity index is 406. The first-order chi connectivity index (χ1) is 9.21. The average molecular weight is 267 g/mol. The summed E-state index contributed by atoms with van der Waals surface area (Å²) in [5, 5.41) is 2.70. The lowest BCUT2D eigenvalue weighted by Crippen LogP contribution is -2.26. The molecule has 0 aliphatic carbocycles. The van der Waals surface area contributed by atoms with Crippen molar-refractivity contribution in [2.45, 2.75) is 19.8 Å². The van der Waals surface area contributed by atoms with E-state index in [1.807, 2.05) is 25.1 Å². The Hall–Kier alpha value is -1.91. The van der Waals surface area contributed by atoms with Crippen LogP contribution in [-0.4, -0.2) is 33.5 Å². The number of methoxy groups -OCH3 is 2. The van der Waals surface area contributed by atoms with Crippen molar-refractivity contribution in [3.05, 3.63) is 23.8 Å². The van der Waals surface area contributed by atoms with Crippen LogP contribution in [0.25, 0.3) is 0 Å². The molecule has 1 N–H and O–H groups in total. The third kappa shape index (κ3) is 5.07.